The Labute approximate surface area is 187 Å². The maximum Gasteiger partial charge on any atom is 0.161 e. The standard InChI is InChI=1S/C29H23NO2/c31-26-15-7-14-24-27-23-13-5-4-8-19(23)16-17-25(27)30-29(28(24)26)20-9-6-12-22(18-20)32-21-10-2-1-3-11-21/h1-6,8-13,16-18,29-30H,7,14-15H2/t29-/m1/s1. The molecule has 156 valence electrons. The highest BCUT2D eigenvalue weighted by Gasteiger charge is 2.35. The number of allylic oxidation sites excluding steroid dienone is 1. The summed E-state index contributed by atoms with van der Waals surface area (Å²) in [5, 5.41) is 6.10. The van der Waals surface area contributed by atoms with Gasteiger partial charge in [-0.3, -0.25) is 4.79 Å². The fourth-order valence-electron chi connectivity index (χ4n) is 5.04. The highest BCUT2D eigenvalue weighted by molar-refractivity contribution is 6.12. The lowest BCUT2D eigenvalue weighted by atomic mass is 9.77. The minimum Gasteiger partial charge on any atom is -0.457 e. The van der Waals surface area contributed by atoms with Crippen molar-refractivity contribution in [1.82, 2.24) is 0 Å². The van der Waals surface area contributed by atoms with E-state index in [1.807, 2.05) is 48.5 Å². The van der Waals surface area contributed by atoms with Crippen LogP contribution in [0.2, 0.25) is 0 Å². The number of para-hydroxylation sites is 1. The van der Waals surface area contributed by atoms with Crippen LogP contribution in [-0.4, -0.2) is 5.78 Å². The van der Waals surface area contributed by atoms with Crippen molar-refractivity contribution < 1.29 is 9.53 Å². The van der Waals surface area contributed by atoms with Crippen molar-refractivity contribution >= 4 is 27.8 Å². The van der Waals surface area contributed by atoms with Crippen LogP contribution in [-0.2, 0) is 4.79 Å². The molecule has 0 amide bonds. The monoisotopic (exact) mass is 417 g/mol. The van der Waals surface area contributed by atoms with Gasteiger partial charge >= 0.3 is 0 Å². The average Bonchev–Trinajstić information content (AvgIpc) is 2.84. The number of carbonyl (C=O) groups is 1. The fourth-order valence-corrected chi connectivity index (χ4v) is 5.04. The molecule has 0 saturated carbocycles. The van der Waals surface area contributed by atoms with Gasteiger partial charge in [-0.2, -0.15) is 0 Å². The smallest absolute Gasteiger partial charge is 0.161 e. The molecule has 3 nitrogen and oxygen atoms in total. The third kappa shape index (κ3) is 3.18. The number of Topliss-reactive ketones (excluding diaryl/α,β-unsaturated/α-hetero) is 1. The first kappa shape index (κ1) is 18.9. The Morgan fingerprint density at radius 2 is 1.59 bits per heavy atom. The van der Waals surface area contributed by atoms with Crippen LogP contribution < -0.4 is 10.1 Å². The summed E-state index contributed by atoms with van der Waals surface area (Å²) < 4.78 is 6.07. The highest BCUT2D eigenvalue weighted by Crippen LogP contribution is 2.48. The maximum absolute atomic E-state index is 13.2. The van der Waals surface area contributed by atoms with Crippen molar-refractivity contribution in [3.63, 3.8) is 0 Å². The zero-order chi connectivity index (χ0) is 21.5. The van der Waals surface area contributed by atoms with Crippen LogP contribution in [0.5, 0.6) is 11.5 Å². The lowest BCUT2D eigenvalue weighted by molar-refractivity contribution is -0.116. The minimum absolute atomic E-state index is 0.175. The van der Waals surface area contributed by atoms with E-state index in [0.29, 0.717) is 6.42 Å². The Morgan fingerprint density at radius 3 is 2.50 bits per heavy atom. The lowest BCUT2D eigenvalue weighted by Gasteiger charge is -2.35. The normalized spacial score (nSPS) is 17.5. The summed E-state index contributed by atoms with van der Waals surface area (Å²) >= 11 is 0. The predicted octanol–water partition coefficient (Wildman–Crippen LogP) is 7.31. The van der Waals surface area contributed by atoms with E-state index in [1.54, 1.807) is 0 Å². The Balaban J connectivity index is 1.47. The molecule has 6 rings (SSSR count). The predicted molar refractivity (Wildman–Crippen MR) is 129 cm³/mol. The van der Waals surface area contributed by atoms with E-state index in [9.17, 15) is 4.79 Å². The summed E-state index contributed by atoms with van der Waals surface area (Å²) in [6, 6.07) is 30.4. The number of hydrogen-bond acceptors (Lipinski definition) is 3. The second-order valence-corrected chi connectivity index (χ2v) is 8.44. The molecule has 0 bridgehead atoms. The molecule has 0 unspecified atom stereocenters. The number of anilines is 1. The topological polar surface area (TPSA) is 38.3 Å². The molecule has 0 radical (unpaired) electrons. The molecule has 32 heavy (non-hydrogen) atoms. The van der Waals surface area contributed by atoms with Gasteiger partial charge in [-0.05, 0) is 65.1 Å². The quantitative estimate of drug-likeness (QED) is 0.380. The van der Waals surface area contributed by atoms with Crippen LogP contribution in [0.15, 0.2) is 96.6 Å². The van der Waals surface area contributed by atoms with E-state index in [-0.39, 0.29) is 11.8 Å². The number of hydrogen-bond donors (Lipinski definition) is 1. The van der Waals surface area contributed by atoms with Crippen LogP contribution in [0.1, 0.15) is 36.4 Å². The summed E-state index contributed by atoms with van der Waals surface area (Å²) in [4.78, 5) is 13.2. The molecule has 0 aromatic heterocycles. The minimum atomic E-state index is -0.175. The molecule has 1 aliphatic carbocycles. The van der Waals surface area contributed by atoms with Crippen LogP contribution in [0, 0.1) is 0 Å². The Morgan fingerprint density at radius 1 is 0.781 bits per heavy atom. The van der Waals surface area contributed by atoms with Crippen molar-refractivity contribution in [2.24, 2.45) is 0 Å². The molecule has 2 aliphatic rings. The number of carbonyl (C=O) groups excluding carboxylic acids is 1. The summed E-state index contributed by atoms with van der Waals surface area (Å²) in [6.07, 6.45) is 2.45. The third-order valence-electron chi connectivity index (χ3n) is 6.45. The number of ether oxygens (including phenoxy) is 1. The fraction of sp³-hybridized carbons (Fsp3) is 0.138. The molecule has 1 aliphatic heterocycles. The van der Waals surface area contributed by atoms with E-state index in [0.717, 1.165) is 41.2 Å². The maximum atomic E-state index is 13.2. The van der Waals surface area contributed by atoms with Gasteiger partial charge in [0.05, 0.1) is 6.04 Å². The van der Waals surface area contributed by atoms with Gasteiger partial charge in [-0.25, -0.2) is 0 Å². The summed E-state index contributed by atoms with van der Waals surface area (Å²) in [7, 11) is 0. The molecule has 1 atom stereocenters. The van der Waals surface area contributed by atoms with Crippen molar-refractivity contribution in [1.29, 1.82) is 0 Å². The number of nitrogens with one attached hydrogen (secondary N) is 1. The number of rotatable bonds is 3. The average molecular weight is 418 g/mol. The van der Waals surface area contributed by atoms with Gasteiger partial charge in [0.1, 0.15) is 11.5 Å². The second-order valence-electron chi connectivity index (χ2n) is 8.44. The van der Waals surface area contributed by atoms with Gasteiger partial charge in [-0.1, -0.05) is 60.7 Å². The van der Waals surface area contributed by atoms with Crippen molar-refractivity contribution in [3.8, 4) is 11.5 Å². The molecule has 3 heteroatoms. The molecule has 0 saturated heterocycles. The number of benzene rings is 4. The first-order valence-electron chi connectivity index (χ1n) is 11.2. The van der Waals surface area contributed by atoms with Crippen LogP contribution in [0.3, 0.4) is 0 Å². The zero-order valence-electron chi connectivity index (χ0n) is 17.7. The zero-order valence-corrected chi connectivity index (χ0v) is 17.7. The first-order chi connectivity index (χ1) is 15.8. The van der Waals surface area contributed by atoms with Gasteiger partial charge in [0.15, 0.2) is 5.78 Å². The largest absolute Gasteiger partial charge is 0.457 e. The van der Waals surface area contributed by atoms with Crippen LogP contribution in [0.25, 0.3) is 16.3 Å². The van der Waals surface area contributed by atoms with Crippen LogP contribution >= 0.6 is 0 Å². The van der Waals surface area contributed by atoms with Gasteiger partial charge in [-0.15, -0.1) is 0 Å². The molecule has 1 heterocycles. The Kier molecular flexibility index (Phi) is 4.53. The third-order valence-corrected chi connectivity index (χ3v) is 6.45. The van der Waals surface area contributed by atoms with Crippen LogP contribution in [0.4, 0.5) is 5.69 Å². The highest BCUT2D eigenvalue weighted by atomic mass is 16.5. The first-order valence-corrected chi connectivity index (χ1v) is 11.2. The molecule has 1 N–H and O–H groups in total. The molecular formula is C29H23NO2. The van der Waals surface area contributed by atoms with Crippen molar-refractivity contribution in [2.75, 3.05) is 5.32 Å². The molecular weight excluding hydrogens is 394 g/mol. The van der Waals surface area contributed by atoms with Gasteiger partial charge in [0.2, 0.25) is 0 Å². The van der Waals surface area contributed by atoms with E-state index in [4.69, 9.17) is 4.74 Å². The molecule has 4 aromatic carbocycles. The lowest BCUT2D eigenvalue weighted by Crippen LogP contribution is -2.27. The van der Waals surface area contributed by atoms with E-state index in [2.05, 4.69) is 47.8 Å². The van der Waals surface area contributed by atoms with Gasteiger partial charge in [0.25, 0.3) is 0 Å². The Hall–Kier alpha value is -3.85. The van der Waals surface area contributed by atoms with E-state index in [1.165, 1.54) is 21.9 Å². The van der Waals surface area contributed by atoms with E-state index < -0.39 is 0 Å². The SMILES string of the molecule is O=C1CCCC2=C1[C@@H](c1cccc(Oc3ccccc3)c1)Nc1ccc3ccccc3c12. The van der Waals surface area contributed by atoms with E-state index >= 15 is 0 Å². The summed E-state index contributed by atoms with van der Waals surface area (Å²) in [6.45, 7) is 0. The number of fused-ring (bicyclic) bond motifs is 4. The second kappa shape index (κ2) is 7.69. The van der Waals surface area contributed by atoms with Crippen molar-refractivity contribution in [3.05, 3.63) is 108 Å². The molecule has 0 fully saturated rings. The summed E-state index contributed by atoms with van der Waals surface area (Å²) in [5.41, 5.74) is 5.44. The summed E-state index contributed by atoms with van der Waals surface area (Å²) in [5.74, 6) is 1.81. The van der Waals surface area contributed by atoms with Gasteiger partial charge in [0, 0.05) is 23.2 Å². The Bertz CT molecular complexity index is 1370. The molecule has 4 aromatic rings. The number of ketones is 1. The molecule has 0 spiro atoms. The van der Waals surface area contributed by atoms with Crippen molar-refractivity contribution in [2.45, 2.75) is 25.3 Å². The van der Waals surface area contributed by atoms with Gasteiger partial charge < -0.3 is 10.1 Å².